The van der Waals surface area contributed by atoms with E-state index in [4.69, 9.17) is 4.74 Å². The zero-order valence-electron chi connectivity index (χ0n) is 15.4. The van der Waals surface area contributed by atoms with Crippen molar-refractivity contribution in [1.29, 1.82) is 0 Å². The highest BCUT2D eigenvalue weighted by atomic mass is 16.5. The summed E-state index contributed by atoms with van der Waals surface area (Å²) in [6.07, 6.45) is 4.44. The topological polar surface area (TPSA) is 46.5 Å². The first-order chi connectivity index (χ1) is 11.8. The number of carbonyl (C=O) groups is 1. The summed E-state index contributed by atoms with van der Waals surface area (Å²) in [5, 5.41) is 12.2. The number of rotatable bonds is 4. The van der Waals surface area contributed by atoms with Gasteiger partial charge < -0.3 is 9.84 Å². The molecule has 25 heavy (non-hydrogen) atoms. The average Bonchev–Trinajstić information content (AvgIpc) is 3.04. The number of allylic oxidation sites excluding steroid dienone is 2. The summed E-state index contributed by atoms with van der Waals surface area (Å²) in [6, 6.07) is 10.3. The van der Waals surface area contributed by atoms with E-state index in [1.807, 2.05) is 39.8 Å². The molecule has 1 N–H and O–H groups in total. The maximum atomic E-state index is 12.1. The van der Waals surface area contributed by atoms with Crippen LogP contribution in [0.25, 0.3) is 16.3 Å². The van der Waals surface area contributed by atoms with Gasteiger partial charge in [0.15, 0.2) is 6.10 Å². The quantitative estimate of drug-likeness (QED) is 0.783. The number of aliphatic carboxylic acids is 1. The van der Waals surface area contributed by atoms with Gasteiger partial charge in [0.25, 0.3) is 0 Å². The lowest BCUT2D eigenvalue weighted by atomic mass is 9.86. The fourth-order valence-corrected chi connectivity index (χ4v) is 3.67. The van der Waals surface area contributed by atoms with E-state index in [0.717, 1.165) is 46.7 Å². The number of fused-ring (bicyclic) bond motifs is 1. The normalized spacial score (nSPS) is 16.1. The summed E-state index contributed by atoms with van der Waals surface area (Å²) in [6.45, 7) is 7.68. The zero-order chi connectivity index (χ0) is 18.2. The van der Waals surface area contributed by atoms with Crippen molar-refractivity contribution in [3.8, 4) is 0 Å². The molecule has 0 saturated carbocycles. The average molecular weight is 338 g/mol. The summed E-state index contributed by atoms with van der Waals surface area (Å²) >= 11 is 0. The van der Waals surface area contributed by atoms with Gasteiger partial charge in [-0.2, -0.15) is 0 Å². The number of carboxylic acids is 1. The van der Waals surface area contributed by atoms with Crippen LogP contribution in [0.3, 0.4) is 0 Å². The second-order valence-electron chi connectivity index (χ2n) is 7.77. The molecule has 3 rings (SSSR count). The van der Waals surface area contributed by atoms with Crippen LogP contribution in [0.4, 0.5) is 0 Å². The third-order valence-corrected chi connectivity index (χ3v) is 4.62. The number of hydrogen-bond acceptors (Lipinski definition) is 2. The van der Waals surface area contributed by atoms with E-state index in [0.29, 0.717) is 0 Å². The molecule has 0 spiro atoms. The predicted octanol–water partition coefficient (Wildman–Crippen LogP) is 5.66. The Morgan fingerprint density at radius 1 is 1.24 bits per heavy atom. The summed E-state index contributed by atoms with van der Waals surface area (Å²) in [5.41, 5.74) is 3.54. The van der Waals surface area contributed by atoms with E-state index in [9.17, 15) is 9.90 Å². The van der Waals surface area contributed by atoms with Crippen LogP contribution in [0, 0.1) is 6.92 Å². The van der Waals surface area contributed by atoms with Crippen LogP contribution in [-0.2, 0) is 9.53 Å². The molecule has 0 amide bonds. The highest BCUT2D eigenvalue weighted by Crippen LogP contribution is 2.41. The fraction of sp³-hybridized carbons (Fsp3) is 0.409. The van der Waals surface area contributed by atoms with Crippen molar-refractivity contribution in [2.75, 3.05) is 0 Å². The highest BCUT2D eigenvalue weighted by molar-refractivity contribution is 5.98. The Balaban J connectivity index is 2.30. The highest BCUT2D eigenvalue weighted by Gasteiger charge is 2.32. The smallest absolute Gasteiger partial charge is 0.337 e. The van der Waals surface area contributed by atoms with E-state index >= 15 is 0 Å². The maximum Gasteiger partial charge on any atom is 0.337 e. The third-order valence-electron chi connectivity index (χ3n) is 4.62. The van der Waals surface area contributed by atoms with Gasteiger partial charge in [0.05, 0.1) is 5.60 Å². The van der Waals surface area contributed by atoms with E-state index in [2.05, 4.69) is 24.3 Å². The van der Waals surface area contributed by atoms with E-state index in [1.165, 1.54) is 5.57 Å². The van der Waals surface area contributed by atoms with Crippen LogP contribution in [0.2, 0.25) is 0 Å². The van der Waals surface area contributed by atoms with Crippen molar-refractivity contribution >= 4 is 22.3 Å². The number of aryl methyl sites for hydroxylation is 1. The molecule has 1 aliphatic carbocycles. The fourth-order valence-electron chi connectivity index (χ4n) is 3.67. The molecule has 0 fully saturated rings. The van der Waals surface area contributed by atoms with Crippen LogP contribution < -0.4 is 0 Å². The first kappa shape index (κ1) is 17.7. The first-order valence-corrected chi connectivity index (χ1v) is 8.90. The Hall–Kier alpha value is -2.13. The van der Waals surface area contributed by atoms with Gasteiger partial charge in [0, 0.05) is 5.56 Å². The number of benzene rings is 2. The molecule has 2 aromatic rings. The van der Waals surface area contributed by atoms with Crippen molar-refractivity contribution in [3.05, 3.63) is 53.1 Å². The first-order valence-electron chi connectivity index (χ1n) is 8.90. The summed E-state index contributed by atoms with van der Waals surface area (Å²) in [5.74, 6) is -0.937. The van der Waals surface area contributed by atoms with E-state index < -0.39 is 17.7 Å². The van der Waals surface area contributed by atoms with E-state index in [-0.39, 0.29) is 0 Å². The molecule has 0 radical (unpaired) electrons. The van der Waals surface area contributed by atoms with Crippen LogP contribution in [0.5, 0.6) is 0 Å². The molecule has 0 bridgehead atoms. The van der Waals surface area contributed by atoms with Crippen LogP contribution >= 0.6 is 0 Å². The molecule has 3 nitrogen and oxygen atoms in total. The van der Waals surface area contributed by atoms with Gasteiger partial charge in [-0.25, -0.2) is 4.79 Å². The molecule has 0 aliphatic heterocycles. The lowest BCUT2D eigenvalue weighted by molar-refractivity contribution is -0.160. The largest absolute Gasteiger partial charge is 0.479 e. The van der Waals surface area contributed by atoms with Crippen molar-refractivity contribution in [3.63, 3.8) is 0 Å². The molecular weight excluding hydrogens is 312 g/mol. The molecule has 3 heteroatoms. The minimum absolute atomic E-state index is 0.539. The minimum Gasteiger partial charge on any atom is -0.479 e. The van der Waals surface area contributed by atoms with Crippen molar-refractivity contribution in [2.24, 2.45) is 0 Å². The molecule has 0 saturated heterocycles. The molecule has 132 valence electrons. The molecular formula is C22H26O3. The number of hydrogen-bond donors (Lipinski definition) is 1. The molecule has 2 aromatic carbocycles. The lowest BCUT2D eigenvalue weighted by Gasteiger charge is -2.28. The standard InChI is InChI=1S/C22H26O3/c1-14-13-16-11-7-8-12-17(16)19(15-9-5-6-10-15)18(14)20(21(23)24)25-22(2,3)4/h7-9,11-13,20H,5-6,10H2,1-4H3,(H,23,24). The van der Waals surface area contributed by atoms with Gasteiger partial charge in [0.1, 0.15) is 0 Å². The SMILES string of the molecule is Cc1cc2ccccc2c(C2=CCCC2)c1C(OC(C)(C)C)C(=O)O. The second kappa shape index (κ2) is 6.64. The van der Waals surface area contributed by atoms with Crippen molar-refractivity contribution in [1.82, 2.24) is 0 Å². The predicted molar refractivity (Wildman–Crippen MR) is 102 cm³/mol. The van der Waals surface area contributed by atoms with Crippen molar-refractivity contribution in [2.45, 2.75) is 58.7 Å². The monoisotopic (exact) mass is 338 g/mol. The van der Waals surface area contributed by atoms with Gasteiger partial charge in [-0.1, -0.05) is 36.4 Å². The Morgan fingerprint density at radius 3 is 2.56 bits per heavy atom. The van der Waals surface area contributed by atoms with Crippen LogP contribution in [0.15, 0.2) is 36.4 Å². The Labute approximate surface area is 149 Å². The van der Waals surface area contributed by atoms with Crippen LogP contribution in [-0.4, -0.2) is 16.7 Å². The summed E-state index contributed by atoms with van der Waals surface area (Å²) in [4.78, 5) is 12.1. The number of ether oxygens (including phenoxy) is 1. The second-order valence-corrected chi connectivity index (χ2v) is 7.77. The maximum absolute atomic E-state index is 12.1. The van der Waals surface area contributed by atoms with Crippen LogP contribution in [0.1, 0.15) is 62.8 Å². The molecule has 1 atom stereocenters. The number of carboxylic acid groups (broad SMARTS) is 1. The molecule has 0 aromatic heterocycles. The Kier molecular flexibility index (Phi) is 4.70. The van der Waals surface area contributed by atoms with Gasteiger partial charge in [-0.3, -0.25) is 0 Å². The molecule has 0 heterocycles. The van der Waals surface area contributed by atoms with Crippen molar-refractivity contribution < 1.29 is 14.6 Å². The molecule has 1 aliphatic rings. The minimum atomic E-state index is -0.971. The lowest BCUT2D eigenvalue weighted by Crippen LogP contribution is -2.28. The van der Waals surface area contributed by atoms with Gasteiger partial charge in [-0.05, 0) is 74.4 Å². The Bertz CT molecular complexity index is 840. The zero-order valence-corrected chi connectivity index (χ0v) is 15.4. The van der Waals surface area contributed by atoms with E-state index in [1.54, 1.807) is 0 Å². The summed E-state index contributed by atoms with van der Waals surface area (Å²) in [7, 11) is 0. The van der Waals surface area contributed by atoms with Gasteiger partial charge in [-0.15, -0.1) is 0 Å². The molecule has 1 unspecified atom stereocenters. The van der Waals surface area contributed by atoms with Gasteiger partial charge >= 0.3 is 5.97 Å². The third kappa shape index (κ3) is 3.62. The Morgan fingerprint density at radius 2 is 1.96 bits per heavy atom. The summed E-state index contributed by atoms with van der Waals surface area (Å²) < 4.78 is 5.99. The van der Waals surface area contributed by atoms with Gasteiger partial charge in [0.2, 0.25) is 0 Å².